The van der Waals surface area contributed by atoms with E-state index in [2.05, 4.69) is 15.2 Å². The van der Waals surface area contributed by atoms with E-state index in [1.807, 2.05) is 0 Å². The average molecular weight is 217 g/mol. The van der Waals surface area contributed by atoms with Crippen LogP contribution in [0.4, 0.5) is 0 Å². The monoisotopic (exact) mass is 217 g/mol. The van der Waals surface area contributed by atoms with E-state index in [1.165, 1.54) is 0 Å². The number of aromatic nitrogens is 3. The summed E-state index contributed by atoms with van der Waals surface area (Å²) >= 11 is 0. The molecule has 1 aliphatic heterocycles. The Kier molecular flexibility index (Phi) is 2.28. The molecule has 2 rings (SSSR count). The lowest BCUT2D eigenvalue weighted by Crippen LogP contribution is -2.05. The molecule has 0 amide bonds. The van der Waals surface area contributed by atoms with Crippen molar-refractivity contribution in [1.82, 2.24) is 15.2 Å². The molecule has 2 N–H and O–H groups in total. The number of aliphatic hydroxyl groups excluding tert-OH is 1. The molecule has 2 heterocycles. The van der Waals surface area contributed by atoms with Crippen molar-refractivity contribution in [3.8, 4) is 0 Å². The fraction of sp³-hybridized carbons (Fsp3) is 0.714. The molecule has 1 saturated heterocycles. The first-order valence-electron chi connectivity index (χ1n) is 4.33. The van der Waals surface area contributed by atoms with Crippen molar-refractivity contribution < 1.29 is 13.5 Å². The predicted octanol–water partition coefficient (Wildman–Crippen LogP) is -0.801. The number of nitrogens with zero attached hydrogens (tertiary/aromatic N) is 2. The van der Waals surface area contributed by atoms with Crippen LogP contribution in [0.15, 0.2) is 0 Å². The van der Waals surface area contributed by atoms with Gasteiger partial charge in [-0.05, 0) is 6.42 Å². The number of H-pyrrole nitrogens is 1. The third-order valence-electron chi connectivity index (χ3n) is 2.30. The summed E-state index contributed by atoms with van der Waals surface area (Å²) in [5.41, 5.74) is 0. The van der Waals surface area contributed by atoms with Gasteiger partial charge in [-0.15, -0.1) is 0 Å². The predicted molar refractivity (Wildman–Crippen MR) is 48.3 cm³/mol. The molecule has 14 heavy (non-hydrogen) atoms. The molecule has 1 aromatic rings. The normalized spacial score (nSPS) is 25.4. The Morgan fingerprint density at radius 3 is 2.86 bits per heavy atom. The molecule has 7 heteroatoms. The minimum absolute atomic E-state index is 0.114. The van der Waals surface area contributed by atoms with Gasteiger partial charge in [0.2, 0.25) is 0 Å². The van der Waals surface area contributed by atoms with Crippen molar-refractivity contribution in [2.45, 2.75) is 18.9 Å². The third-order valence-corrected chi connectivity index (χ3v) is 4.06. The maximum Gasteiger partial charge on any atom is 0.154 e. The molecule has 1 unspecified atom stereocenters. The van der Waals surface area contributed by atoms with Gasteiger partial charge in [0.05, 0.1) is 11.5 Å². The summed E-state index contributed by atoms with van der Waals surface area (Å²) in [5.74, 6) is 1.09. The highest BCUT2D eigenvalue weighted by Crippen LogP contribution is 2.26. The van der Waals surface area contributed by atoms with Crippen molar-refractivity contribution in [3.63, 3.8) is 0 Å². The van der Waals surface area contributed by atoms with E-state index in [9.17, 15) is 8.42 Å². The van der Waals surface area contributed by atoms with Crippen LogP contribution in [0.2, 0.25) is 0 Å². The fourth-order valence-corrected chi connectivity index (χ4v) is 3.30. The van der Waals surface area contributed by atoms with Gasteiger partial charge >= 0.3 is 0 Å². The van der Waals surface area contributed by atoms with Crippen molar-refractivity contribution in [2.75, 3.05) is 11.5 Å². The number of sulfone groups is 1. The quantitative estimate of drug-likeness (QED) is 0.676. The zero-order valence-corrected chi connectivity index (χ0v) is 8.29. The molecule has 0 saturated carbocycles. The molecule has 1 atom stereocenters. The minimum atomic E-state index is -2.90. The zero-order chi connectivity index (χ0) is 10.2. The van der Waals surface area contributed by atoms with E-state index in [4.69, 9.17) is 5.11 Å². The number of aromatic amines is 1. The van der Waals surface area contributed by atoms with Crippen molar-refractivity contribution in [2.24, 2.45) is 0 Å². The van der Waals surface area contributed by atoms with E-state index in [0.717, 1.165) is 0 Å². The first kappa shape index (κ1) is 9.60. The lowest BCUT2D eigenvalue weighted by Gasteiger charge is -1.98. The summed E-state index contributed by atoms with van der Waals surface area (Å²) in [6.07, 6.45) is 0.574. The lowest BCUT2D eigenvalue weighted by molar-refractivity contribution is 0.271. The zero-order valence-electron chi connectivity index (χ0n) is 7.47. The number of nitrogens with one attached hydrogen (secondary N) is 1. The van der Waals surface area contributed by atoms with Gasteiger partial charge < -0.3 is 5.11 Å². The van der Waals surface area contributed by atoms with Crippen LogP contribution in [0.25, 0.3) is 0 Å². The summed E-state index contributed by atoms with van der Waals surface area (Å²) in [4.78, 5) is 4.00. The third kappa shape index (κ3) is 1.78. The Hall–Kier alpha value is -0.950. The number of rotatable bonds is 2. The van der Waals surface area contributed by atoms with Crippen LogP contribution in [-0.2, 0) is 16.4 Å². The molecular formula is C7H11N3O3S. The van der Waals surface area contributed by atoms with Crippen LogP contribution in [0.1, 0.15) is 24.0 Å². The lowest BCUT2D eigenvalue weighted by atomic mass is 10.1. The summed E-state index contributed by atoms with van der Waals surface area (Å²) in [7, 11) is -2.90. The van der Waals surface area contributed by atoms with Crippen LogP contribution in [0.5, 0.6) is 0 Å². The van der Waals surface area contributed by atoms with E-state index < -0.39 is 9.84 Å². The molecular weight excluding hydrogens is 206 g/mol. The topological polar surface area (TPSA) is 95.9 Å². The maximum absolute atomic E-state index is 11.2. The van der Waals surface area contributed by atoms with Crippen LogP contribution in [-0.4, -0.2) is 40.2 Å². The first-order chi connectivity index (χ1) is 6.61. The highest BCUT2D eigenvalue weighted by Gasteiger charge is 2.31. The van der Waals surface area contributed by atoms with Gasteiger partial charge in [0.15, 0.2) is 15.7 Å². The summed E-state index contributed by atoms with van der Waals surface area (Å²) in [6.45, 7) is -0.202. The second kappa shape index (κ2) is 3.32. The van der Waals surface area contributed by atoms with E-state index in [1.54, 1.807) is 0 Å². The molecule has 0 spiro atoms. The van der Waals surface area contributed by atoms with E-state index >= 15 is 0 Å². The van der Waals surface area contributed by atoms with Gasteiger partial charge in [-0.3, -0.25) is 5.10 Å². The molecule has 0 aromatic carbocycles. The molecule has 0 radical (unpaired) electrons. The second-order valence-corrected chi connectivity index (χ2v) is 5.63. The highest BCUT2D eigenvalue weighted by molar-refractivity contribution is 7.91. The van der Waals surface area contributed by atoms with Crippen molar-refractivity contribution >= 4 is 9.84 Å². The van der Waals surface area contributed by atoms with Gasteiger partial charge in [0.25, 0.3) is 0 Å². The summed E-state index contributed by atoms with van der Waals surface area (Å²) < 4.78 is 22.4. The van der Waals surface area contributed by atoms with Crippen LogP contribution >= 0.6 is 0 Å². The molecule has 6 nitrogen and oxygen atoms in total. The molecule has 78 valence electrons. The molecule has 1 fully saturated rings. The number of aliphatic hydroxyl groups is 1. The smallest absolute Gasteiger partial charge is 0.154 e. The molecule has 0 bridgehead atoms. The Labute approximate surface area is 81.3 Å². The number of hydrogen-bond acceptors (Lipinski definition) is 5. The Morgan fingerprint density at radius 1 is 1.57 bits per heavy atom. The SMILES string of the molecule is O=S1(=O)CCC(c2n[nH]c(CO)n2)C1. The van der Waals surface area contributed by atoms with Gasteiger partial charge in [0.1, 0.15) is 12.4 Å². The average Bonchev–Trinajstić information content (AvgIpc) is 2.70. The van der Waals surface area contributed by atoms with Gasteiger partial charge in [-0.2, -0.15) is 5.10 Å². The largest absolute Gasteiger partial charge is 0.388 e. The van der Waals surface area contributed by atoms with Gasteiger partial charge in [-0.1, -0.05) is 0 Å². The van der Waals surface area contributed by atoms with E-state index in [-0.39, 0.29) is 24.0 Å². The van der Waals surface area contributed by atoms with E-state index in [0.29, 0.717) is 18.1 Å². The van der Waals surface area contributed by atoms with Gasteiger partial charge in [-0.25, -0.2) is 13.4 Å². The maximum atomic E-state index is 11.2. The summed E-state index contributed by atoms with van der Waals surface area (Å²) in [5, 5.41) is 15.2. The highest BCUT2D eigenvalue weighted by atomic mass is 32.2. The van der Waals surface area contributed by atoms with Crippen LogP contribution in [0.3, 0.4) is 0 Å². The Morgan fingerprint density at radius 2 is 2.36 bits per heavy atom. The summed E-state index contributed by atoms with van der Waals surface area (Å²) in [6, 6.07) is 0. The van der Waals surface area contributed by atoms with Crippen LogP contribution < -0.4 is 0 Å². The Bertz CT molecular complexity index is 425. The first-order valence-corrected chi connectivity index (χ1v) is 6.15. The molecule has 1 aromatic heterocycles. The van der Waals surface area contributed by atoms with Gasteiger partial charge in [0, 0.05) is 5.92 Å². The number of hydrogen-bond donors (Lipinski definition) is 2. The van der Waals surface area contributed by atoms with Crippen LogP contribution in [0, 0.1) is 0 Å². The Balaban J connectivity index is 2.17. The molecule has 0 aliphatic carbocycles. The van der Waals surface area contributed by atoms with Crippen molar-refractivity contribution in [3.05, 3.63) is 11.6 Å². The van der Waals surface area contributed by atoms with Crippen molar-refractivity contribution in [1.29, 1.82) is 0 Å². The minimum Gasteiger partial charge on any atom is -0.388 e. The second-order valence-electron chi connectivity index (χ2n) is 3.40. The molecule has 1 aliphatic rings. The fourth-order valence-electron chi connectivity index (χ4n) is 1.56. The standard InChI is InChI=1S/C7H11N3O3S/c11-3-6-8-7(10-9-6)5-1-2-14(12,13)4-5/h5,11H,1-4H2,(H,8,9,10).